The van der Waals surface area contributed by atoms with Gasteiger partial charge in [0.25, 0.3) is 0 Å². The Hall–Kier alpha value is -1.90. The standard InChI is InChI=1S/C19H23FN2O3S2/c1-26-14-12-18(22-27(24,25)17-5-3-2-4-6-17)19(23)21-13-11-15-7-9-16(20)10-8-15/h2-10,18,22H,11-14H2,1H3,(H,21,23). The minimum Gasteiger partial charge on any atom is -0.354 e. The lowest BCUT2D eigenvalue weighted by molar-refractivity contribution is -0.122. The number of carbonyl (C=O) groups is 1. The lowest BCUT2D eigenvalue weighted by Gasteiger charge is -2.18. The van der Waals surface area contributed by atoms with Gasteiger partial charge < -0.3 is 5.32 Å². The van der Waals surface area contributed by atoms with Gasteiger partial charge in [-0.2, -0.15) is 16.5 Å². The maximum atomic E-state index is 12.9. The molecule has 1 unspecified atom stereocenters. The van der Waals surface area contributed by atoms with Crippen LogP contribution in [0.25, 0.3) is 0 Å². The number of hydrogen-bond donors (Lipinski definition) is 2. The second-order valence-electron chi connectivity index (χ2n) is 5.94. The van der Waals surface area contributed by atoms with Gasteiger partial charge in [-0.25, -0.2) is 12.8 Å². The Labute approximate surface area is 163 Å². The molecule has 2 aromatic carbocycles. The number of hydrogen-bond acceptors (Lipinski definition) is 4. The molecule has 0 saturated carbocycles. The Morgan fingerprint density at radius 1 is 1.11 bits per heavy atom. The van der Waals surface area contributed by atoms with E-state index in [1.165, 1.54) is 24.3 Å². The van der Waals surface area contributed by atoms with Crippen molar-refractivity contribution in [1.29, 1.82) is 0 Å². The molecule has 0 aliphatic heterocycles. The fourth-order valence-electron chi connectivity index (χ4n) is 2.44. The van der Waals surface area contributed by atoms with Gasteiger partial charge in [-0.3, -0.25) is 4.79 Å². The summed E-state index contributed by atoms with van der Waals surface area (Å²) in [5.74, 6) is -0.0335. The first-order chi connectivity index (χ1) is 12.9. The van der Waals surface area contributed by atoms with Crippen LogP contribution >= 0.6 is 11.8 Å². The average Bonchev–Trinajstić information content (AvgIpc) is 2.67. The van der Waals surface area contributed by atoms with E-state index in [2.05, 4.69) is 10.0 Å². The summed E-state index contributed by atoms with van der Waals surface area (Å²) in [7, 11) is -3.78. The zero-order valence-corrected chi connectivity index (χ0v) is 16.7. The smallest absolute Gasteiger partial charge is 0.241 e. The zero-order chi connectivity index (χ0) is 19.7. The summed E-state index contributed by atoms with van der Waals surface area (Å²) in [5, 5.41) is 2.76. The van der Waals surface area contributed by atoms with Crippen LogP contribution in [0.15, 0.2) is 59.5 Å². The molecule has 0 aromatic heterocycles. The van der Waals surface area contributed by atoms with Gasteiger partial charge in [0.1, 0.15) is 11.9 Å². The minimum absolute atomic E-state index is 0.123. The van der Waals surface area contributed by atoms with Crippen LogP contribution in [0.1, 0.15) is 12.0 Å². The summed E-state index contributed by atoms with van der Waals surface area (Å²) in [6.07, 6.45) is 2.82. The van der Waals surface area contributed by atoms with Crippen LogP contribution in [0.4, 0.5) is 4.39 Å². The first kappa shape index (κ1) is 21.4. The van der Waals surface area contributed by atoms with E-state index in [9.17, 15) is 17.6 Å². The van der Waals surface area contributed by atoms with Crippen molar-refractivity contribution in [2.75, 3.05) is 18.6 Å². The van der Waals surface area contributed by atoms with Gasteiger partial charge in [0.05, 0.1) is 4.90 Å². The average molecular weight is 411 g/mol. The van der Waals surface area contributed by atoms with Crippen LogP contribution in [0.5, 0.6) is 0 Å². The van der Waals surface area contributed by atoms with E-state index in [-0.39, 0.29) is 16.6 Å². The first-order valence-corrected chi connectivity index (χ1v) is 11.4. The van der Waals surface area contributed by atoms with E-state index in [0.717, 1.165) is 5.56 Å². The summed E-state index contributed by atoms with van der Waals surface area (Å²) in [6.45, 7) is 0.341. The van der Waals surface area contributed by atoms with Crippen molar-refractivity contribution in [2.24, 2.45) is 0 Å². The Bertz CT molecular complexity index is 828. The SMILES string of the molecule is CSCCC(NS(=O)(=O)c1ccccc1)C(=O)NCCc1ccc(F)cc1. The monoisotopic (exact) mass is 410 g/mol. The minimum atomic E-state index is -3.78. The molecular formula is C19H23FN2O3S2. The third kappa shape index (κ3) is 6.97. The van der Waals surface area contributed by atoms with Crippen LogP contribution in [0.3, 0.4) is 0 Å². The summed E-state index contributed by atoms with van der Waals surface area (Å²) in [5.41, 5.74) is 0.891. The molecule has 1 amide bonds. The van der Waals surface area contributed by atoms with Gasteiger partial charge in [0.15, 0.2) is 0 Å². The fraction of sp³-hybridized carbons (Fsp3) is 0.316. The van der Waals surface area contributed by atoms with E-state index in [1.54, 1.807) is 42.1 Å². The molecule has 8 heteroatoms. The molecule has 2 rings (SSSR count). The molecule has 27 heavy (non-hydrogen) atoms. The number of halogens is 1. The number of nitrogens with one attached hydrogen (secondary N) is 2. The molecule has 0 bridgehead atoms. The highest BCUT2D eigenvalue weighted by Crippen LogP contribution is 2.11. The van der Waals surface area contributed by atoms with Crippen LogP contribution in [0.2, 0.25) is 0 Å². The molecule has 0 heterocycles. The highest BCUT2D eigenvalue weighted by molar-refractivity contribution is 7.98. The van der Waals surface area contributed by atoms with E-state index < -0.39 is 16.1 Å². The van der Waals surface area contributed by atoms with Crippen molar-refractivity contribution in [3.63, 3.8) is 0 Å². The second-order valence-corrected chi connectivity index (χ2v) is 8.64. The van der Waals surface area contributed by atoms with Gasteiger partial charge in [0.2, 0.25) is 15.9 Å². The molecule has 1 atom stereocenters. The van der Waals surface area contributed by atoms with Gasteiger partial charge in [0, 0.05) is 6.54 Å². The predicted molar refractivity (Wildman–Crippen MR) is 107 cm³/mol. The number of carbonyl (C=O) groups excluding carboxylic acids is 1. The Kier molecular flexibility index (Phi) is 8.27. The summed E-state index contributed by atoms with van der Waals surface area (Å²) in [6, 6.07) is 13.2. The number of sulfonamides is 1. The van der Waals surface area contributed by atoms with Gasteiger partial charge in [-0.05, 0) is 54.7 Å². The number of thioether (sulfide) groups is 1. The van der Waals surface area contributed by atoms with Crippen molar-refractivity contribution in [1.82, 2.24) is 10.0 Å². The van der Waals surface area contributed by atoms with E-state index in [4.69, 9.17) is 0 Å². The third-order valence-electron chi connectivity index (χ3n) is 3.90. The third-order valence-corrected chi connectivity index (χ3v) is 6.04. The Morgan fingerprint density at radius 3 is 2.41 bits per heavy atom. The summed E-state index contributed by atoms with van der Waals surface area (Å²) in [4.78, 5) is 12.6. The molecule has 2 N–H and O–H groups in total. The maximum Gasteiger partial charge on any atom is 0.241 e. The zero-order valence-electron chi connectivity index (χ0n) is 15.0. The summed E-state index contributed by atoms with van der Waals surface area (Å²) < 4.78 is 40.4. The van der Waals surface area contributed by atoms with Crippen LogP contribution in [-0.2, 0) is 21.2 Å². The van der Waals surface area contributed by atoms with Crippen LogP contribution < -0.4 is 10.0 Å². The number of benzene rings is 2. The Balaban J connectivity index is 1.97. The van der Waals surface area contributed by atoms with Crippen molar-refractivity contribution >= 4 is 27.7 Å². The van der Waals surface area contributed by atoms with Crippen molar-refractivity contribution in [3.05, 3.63) is 66.0 Å². The molecule has 0 aliphatic rings. The van der Waals surface area contributed by atoms with E-state index in [0.29, 0.717) is 25.1 Å². The molecule has 146 valence electrons. The maximum absolute atomic E-state index is 12.9. The topological polar surface area (TPSA) is 75.3 Å². The largest absolute Gasteiger partial charge is 0.354 e. The molecule has 2 aromatic rings. The van der Waals surface area contributed by atoms with Crippen molar-refractivity contribution in [3.8, 4) is 0 Å². The van der Waals surface area contributed by atoms with Crippen molar-refractivity contribution < 1.29 is 17.6 Å². The molecule has 0 fully saturated rings. The fourth-order valence-corrected chi connectivity index (χ4v) is 4.16. The number of amides is 1. The normalized spacial score (nSPS) is 12.5. The van der Waals surface area contributed by atoms with E-state index >= 15 is 0 Å². The molecule has 0 saturated heterocycles. The molecular weight excluding hydrogens is 387 g/mol. The van der Waals surface area contributed by atoms with Crippen molar-refractivity contribution in [2.45, 2.75) is 23.8 Å². The molecule has 0 radical (unpaired) electrons. The Morgan fingerprint density at radius 2 is 1.78 bits per heavy atom. The molecule has 0 aliphatic carbocycles. The van der Waals surface area contributed by atoms with Gasteiger partial charge >= 0.3 is 0 Å². The second kappa shape index (κ2) is 10.4. The highest BCUT2D eigenvalue weighted by Gasteiger charge is 2.25. The molecule has 0 spiro atoms. The first-order valence-electron chi connectivity index (χ1n) is 8.51. The van der Waals surface area contributed by atoms with Crippen LogP contribution in [0, 0.1) is 5.82 Å². The lowest BCUT2D eigenvalue weighted by atomic mass is 10.1. The van der Waals surface area contributed by atoms with Gasteiger partial charge in [-0.15, -0.1) is 0 Å². The quantitative estimate of drug-likeness (QED) is 0.631. The predicted octanol–water partition coefficient (Wildman–Crippen LogP) is 2.58. The lowest BCUT2D eigenvalue weighted by Crippen LogP contribution is -2.47. The molecule has 5 nitrogen and oxygen atoms in total. The van der Waals surface area contributed by atoms with Gasteiger partial charge in [-0.1, -0.05) is 30.3 Å². The van der Waals surface area contributed by atoms with Crippen LogP contribution in [-0.4, -0.2) is 38.9 Å². The highest BCUT2D eigenvalue weighted by atomic mass is 32.2. The van der Waals surface area contributed by atoms with E-state index in [1.807, 2.05) is 6.26 Å². The number of rotatable bonds is 10. The summed E-state index contributed by atoms with van der Waals surface area (Å²) >= 11 is 1.54.